The Morgan fingerprint density at radius 1 is 1.28 bits per heavy atom. The van der Waals surface area contributed by atoms with Gasteiger partial charge in [0, 0.05) is 37.1 Å². The highest BCUT2D eigenvalue weighted by atomic mass is 32.9. The summed E-state index contributed by atoms with van der Waals surface area (Å²) in [5.41, 5.74) is 1.30. The summed E-state index contributed by atoms with van der Waals surface area (Å²) in [6.07, 6.45) is 6.47. The Morgan fingerprint density at radius 2 is 2.17 bits per heavy atom. The topological polar surface area (TPSA) is 15.9 Å². The summed E-state index contributed by atoms with van der Waals surface area (Å²) < 4.78 is 5.38. The van der Waals surface area contributed by atoms with Gasteiger partial charge in [0.25, 0.3) is 4.67 Å². The Balaban J connectivity index is 1.69. The van der Waals surface area contributed by atoms with Gasteiger partial charge >= 0.3 is 0 Å². The molecule has 1 saturated heterocycles. The Bertz CT molecular complexity index is 563. The summed E-state index contributed by atoms with van der Waals surface area (Å²) >= 11 is 1.92. The molecule has 0 radical (unpaired) electrons. The molecule has 3 heterocycles. The van der Waals surface area contributed by atoms with Crippen LogP contribution in [0.5, 0.6) is 0 Å². The monoisotopic (exact) mass is 295 g/mol. The zero-order valence-corrected chi connectivity index (χ0v) is 12.5. The van der Waals surface area contributed by atoms with Crippen LogP contribution >= 0.6 is 32.4 Å². The minimum atomic E-state index is 1.01. The van der Waals surface area contributed by atoms with Gasteiger partial charge in [-0.3, -0.25) is 4.98 Å². The van der Waals surface area contributed by atoms with E-state index in [1.54, 1.807) is 0 Å². The predicted octanol–water partition coefficient (Wildman–Crippen LogP) is 3.06. The third-order valence-electron chi connectivity index (χ3n) is 2.97. The molecule has 5 heteroatoms. The van der Waals surface area contributed by atoms with Crippen molar-refractivity contribution in [3.05, 3.63) is 40.8 Å². The van der Waals surface area contributed by atoms with Crippen molar-refractivity contribution in [3.8, 4) is 0 Å². The number of hydrogen-bond acceptors (Lipinski definition) is 4. The molecule has 2 nitrogen and oxygen atoms in total. The van der Waals surface area contributed by atoms with E-state index < -0.39 is 0 Å². The van der Waals surface area contributed by atoms with Crippen molar-refractivity contribution >= 4 is 32.4 Å². The highest BCUT2D eigenvalue weighted by Crippen LogP contribution is 2.27. The van der Waals surface area contributed by atoms with Gasteiger partial charge in [-0.05, 0) is 22.0 Å². The van der Waals surface area contributed by atoms with Gasteiger partial charge in [0.1, 0.15) is 13.1 Å². The molecule has 1 fully saturated rings. The van der Waals surface area contributed by atoms with Crippen LogP contribution in [0.15, 0.2) is 34.8 Å². The van der Waals surface area contributed by atoms with Gasteiger partial charge in [-0.25, -0.2) is 4.58 Å². The van der Waals surface area contributed by atoms with Crippen LogP contribution in [0.3, 0.4) is 0 Å². The molecule has 0 unspecified atom stereocenters. The summed E-state index contributed by atoms with van der Waals surface area (Å²) in [4.78, 5) is 4.15. The van der Waals surface area contributed by atoms with Gasteiger partial charge in [0.05, 0.1) is 4.21 Å². The molecule has 1 aliphatic rings. The fourth-order valence-electron chi connectivity index (χ4n) is 2.02. The van der Waals surface area contributed by atoms with E-state index in [1.165, 1.54) is 40.4 Å². The van der Waals surface area contributed by atoms with Crippen molar-refractivity contribution in [1.82, 2.24) is 9.56 Å². The second kappa shape index (κ2) is 5.99. The number of aromatic nitrogens is 1. The zero-order chi connectivity index (χ0) is 12.2. The highest BCUT2D eigenvalue weighted by molar-refractivity contribution is 8.02. The quantitative estimate of drug-likeness (QED) is 0.491. The zero-order valence-electron chi connectivity index (χ0n) is 10.0. The van der Waals surface area contributed by atoms with Crippen LogP contribution in [0, 0.1) is 0 Å². The first-order valence-electron chi connectivity index (χ1n) is 6.12. The lowest BCUT2D eigenvalue weighted by Crippen LogP contribution is -2.23. The van der Waals surface area contributed by atoms with Crippen LogP contribution in [-0.2, 0) is 5.75 Å². The van der Waals surface area contributed by atoms with Gasteiger partial charge in [-0.2, -0.15) is 0 Å². The molecular weight excluding hydrogens is 280 g/mol. The van der Waals surface area contributed by atoms with Crippen LogP contribution in [0.25, 0.3) is 0 Å². The van der Waals surface area contributed by atoms with E-state index in [4.69, 9.17) is 0 Å². The first kappa shape index (κ1) is 12.4. The second-order valence-corrected chi connectivity index (χ2v) is 7.78. The van der Waals surface area contributed by atoms with E-state index in [-0.39, 0.29) is 0 Å². The van der Waals surface area contributed by atoms with E-state index in [0.29, 0.717) is 0 Å². The maximum Gasteiger partial charge on any atom is 0.268 e. The highest BCUT2D eigenvalue weighted by Gasteiger charge is 2.15. The molecule has 0 atom stereocenters. The number of nitrogens with zero attached hydrogens (tertiary/aromatic N) is 2. The molecule has 0 bridgehead atoms. The smallest absolute Gasteiger partial charge is 0.264 e. The number of rotatable bonds is 3. The van der Waals surface area contributed by atoms with E-state index >= 15 is 0 Å². The van der Waals surface area contributed by atoms with Crippen molar-refractivity contribution in [1.29, 1.82) is 0 Å². The van der Waals surface area contributed by atoms with Crippen molar-refractivity contribution in [2.75, 3.05) is 13.1 Å². The second-order valence-electron chi connectivity index (χ2n) is 4.31. The van der Waals surface area contributed by atoms with Gasteiger partial charge in [0.15, 0.2) is 0 Å². The van der Waals surface area contributed by atoms with Crippen molar-refractivity contribution < 1.29 is 0 Å². The SMILES string of the molecule is c1cncc(CSc2cc(=[N+]3CCCC3)ss2)c1. The molecule has 3 rings (SSSR count). The van der Waals surface area contributed by atoms with E-state index in [2.05, 4.69) is 21.7 Å². The van der Waals surface area contributed by atoms with Crippen molar-refractivity contribution in [2.45, 2.75) is 22.8 Å². The molecule has 0 aromatic carbocycles. The molecule has 2 aromatic rings. The summed E-state index contributed by atoms with van der Waals surface area (Å²) in [6, 6.07) is 6.49. The van der Waals surface area contributed by atoms with E-state index in [0.717, 1.165) is 5.75 Å². The maximum absolute atomic E-state index is 4.15. The average molecular weight is 295 g/mol. The number of pyridine rings is 1. The average Bonchev–Trinajstić information content (AvgIpc) is 3.08. The molecular formula is C13H15N2S3+. The summed E-state index contributed by atoms with van der Waals surface area (Å²) in [5.74, 6) is 1.01. The number of thioether (sulfide) groups is 1. The first-order chi connectivity index (χ1) is 8.92. The minimum absolute atomic E-state index is 1.01. The molecule has 18 heavy (non-hydrogen) atoms. The fraction of sp³-hybridized carbons (Fsp3) is 0.385. The van der Waals surface area contributed by atoms with Crippen LogP contribution in [0.1, 0.15) is 18.4 Å². The predicted molar refractivity (Wildman–Crippen MR) is 80.2 cm³/mol. The Kier molecular flexibility index (Phi) is 4.13. The molecule has 0 N–H and O–H groups in total. The molecule has 94 valence electrons. The molecule has 0 spiro atoms. The fourth-order valence-corrected chi connectivity index (χ4v) is 5.84. The lowest BCUT2D eigenvalue weighted by Gasteiger charge is -1.96. The molecule has 0 aliphatic carbocycles. The van der Waals surface area contributed by atoms with Crippen LogP contribution < -0.4 is 9.25 Å². The maximum atomic E-state index is 4.15. The normalized spacial score (nSPS) is 15.2. The first-order valence-corrected chi connectivity index (χ1v) is 9.25. The molecule has 0 saturated carbocycles. The largest absolute Gasteiger partial charge is 0.268 e. The summed E-state index contributed by atoms with van der Waals surface area (Å²) in [5, 5.41) is 0. The van der Waals surface area contributed by atoms with E-state index in [1.807, 2.05) is 50.9 Å². The van der Waals surface area contributed by atoms with Crippen LogP contribution in [0.2, 0.25) is 0 Å². The molecule has 1 aliphatic heterocycles. The van der Waals surface area contributed by atoms with Crippen LogP contribution in [0.4, 0.5) is 0 Å². The van der Waals surface area contributed by atoms with Gasteiger partial charge < -0.3 is 0 Å². The third kappa shape index (κ3) is 3.02. The molecule has 2 aromatic heterocycles. The minimum Gasteiger partial charge on any atom is -0.264 e. The van der Waals surface area contributed by atoms with Gasteiger partial charge in [0.2, 0.25) is 0 Å². The summed E-state index contributed by atoms with van der Waals surface area (Å²) in [7, 11) is 3.81. The van der Waals surface area contributed by atoms with Gasteiger partial charge in [-0.15, -0.1) is 11.8 Å². The van der Waals surface area contributed by atoms with Crippen molar-refractivity contribution in [3.63, 3.8) is 0 Å². The Labute approximate surface area is 118 Å². The Hall–Kier alpha value is -0.650. The van der Waals surface area contributed by atoms with Crippen LogP contribution in [-0.4, -0.2) is 18.1 Å². The summed E-state index contributed by atoms with van der Waals surface area (Å²) in [6.45, 7) is 2.47. The third-order valence-corrected chi connectivity index (χ3v) is 6.99. The lowest BCUT2D eigenvalue weighted by molar-refractivity contribution is 0.705. The standard InChI is InChI=1S/C13H15N2S3/c1-2-7-15(6-1)12-8-13(18-17-12)16-10-11-4-3-5-14-9-11/h3-5,8-9H,1-2,6-7,10H2/q+1. The van der Waals surface area contributed by atoms with Crippen molar-refractivity contribution in [2.24, 2.45) is 0 Å². The Morgan fingerprint density at radius 3 is 2.94 bits per heavy atom. The van der Waals surface area contributed by atoms with Gasteiger partial charge in [-0.1, -0.05) is 16.4 Å². The molecule has 0 amide bonds. The van der Waals surface area contributed by atoms with E-state index in [9.17, 15) is 0 Å². The number of hydrogen-bond donors (Lipinski definition) is 0. The lowest BCUT2D eigenvalue weighted by atomic mass is 10.3.